The molecule has 1 saturated heterocycles. The first-order valence-electron chi connectivity index (χ1n) is 13.5. The van der Waals surface area contributed by atoms with Gasteiger partial charge in [-0.2, -0.15) is 0 Å². The summed E-state index contributed by atoms with van der Waals surface area (Å²) in [6.07, 6.45) is 2.81. The first-order valence-corrected chi connectivity index (χ1v) is 14.0. The minimum atomic E-state index is -0.514. The molecule has 1 aliphatic heterocycles. The molecule has 9 heteroatoms. The molecule has 0 radical (unpaired) electrons. The Balaban J connectivity index is 0.00000121. The van der Waals surface area contributed by atoms with Crippen LogP contribution in [0.2, 0.25) is 0 Å². The Hall–Kier alpha value is -2.54. The lowest BCUT2D eigenvalue weighted by Crippen LogP contribution is -2.35. The molecule has 38 heavy (non-hydrogen) atoms. The quantitative estimate of drug-likeness (QED) is 0.228. The highest BCUT2D eigenvalue weighted by atomic mass is 31.0. The van der Waals surface area contributed by atoms with Crippen molar-refractivity contribution < 1.29 is 13.5 Å². The lowest BCUT2D eigenvalue weighted by atomic mass is 10.0. The monoisotopic (exact) mass is 547 g/mol. The zero-order valence-corrected chi connectivity index (χ0v) is 24.7. The lowest BCUT2D eigenvalue weighted by molar-refractivity contribution is 0.0336. The van der Waals surface area contributed by atoms with E-state index in [0.29, 0.717) is 24.0 Å². The zero-order valence-electron chi connectivity index (χ0n) is 23.6. The fraction of sp³-hybridized carbons (Fsp3) is 0.483. The van der Waals surface area contributed by atoms with E-state index >= 15 is 0 Å². The van der Waals surface area contributed by atoms with E-state index in [9.17, 15) is 8.78 Å². The molecule has 1 atom stereocenters. The number of morpholine rings is 1. The maximum atomic E-state index is 15.0. The highest BCUT2D eigenvalue weighted by molar-refractivity contribution is 7.15. The minimum absolute atomic E-state index is 0.0598. The number of benzene rings is 1. The van der Waals surface area contributed by atoms with Crippen molar-refractivity contribution in [2.24, 2.45) is 0 Å². The van der Waals surface area contributed by atoms with Crippen molar-refractivity contribution in [3.63, 3.8) is 0 Å². The Kier molecular flexibility index (Phi) is 13.1. The molecule has 210 valence electrons. The van der Waals surface area contributed by atoms with Gasteiger partial charge in [-0.15, -0.1) is 13.2 Å². The van der Waals surface area contributed by atoms with Crippen LogP contribution >= 0.6 is 9.39 Å². The summed E-state index contributed by atoms with van der Waals surface area (Å²) in [6.45, 7) is 20.9. The second-order valence-corrected chi connectivity index (χ2v) is 9.10. The van der Waals surface area contributed by atoms with E-state index in [0.717, 1.165) is 67.4 Å². The molecule has 2 aromatic heterocycles. The topological polar surface area (TPSA) is 54.4 Å². The van der Waals surface area contributed by atoms with E-state index in [4.69, 9.17) is 9.72 Å². The molecule has 3 aromatic rings. The van der Waals surface area contributed by atoms with Crippen LogP contribution in [0.4, 0.5) is 20.2 Å². The Labute approximate surface area is 229 Å². The standard InChI is InChI=1S/C25H34F2N5OP.C2H6.C2H4/c1-4-16-11-17(5-2)22(27)24(21(16)26)29-13-18-14-30-25-20(23(18)28-6-3)12-19(32(25)34)15-31-7-9-33-10-8-31;2*1-2/h11-12,14,29H,4-10,13,15,34H2,1-3H3,(H,28,30);1-2H3;1-2H2. The zero-order chi connectivity index (χ0) is 28.2. The van der Waals surface area contributed by atoms with Crippen LogP contribution in [0.5, 0.6) is 0 Å². The van der Waals surface area contributed by atoms with Gasteiger partial charge in [0.25, 0.3) is 0 Å². The summed E-state index contributed by atoms with van der Waals surface area (Å²) < 4.78 is 37.5. The number of halogens is 2. The average Bonchev–Trinajstić information content (AvgIpc) is 3.27. The second-order valence-electron chi connectivity index (χ2n) is 8.58. The lowest BCUT2D eigenvalue weighted by Gasteiger charge is -2.26. The van der Waals surface area contributed by atoms with Crippen LogP contribution in [0.25, 0.3) is 11.0 Å². The Morgan fingerprint density at radius 1 is 0.947 bits per heavy atom. The van der Waals surface area contributed by atoms with E-state index in [-0.39, 0.29) is 12.2 Å². The Morgan fingerprint density at radius 2 is 1.55 bits per heavy atom. The number of hydrogen-bond donors (Lipinski definition) is 2. The maximum Gasteiger partial charge on any atom is 0.152 e. The number of fused-ring (bicyclic) bond motifs is 1. The third-order valence-electron chi connectivity index (χ3n) is 6.43. The molecule has 6 nitrogen and oxygen atoms in total. The van der Waals surface area contributed by atoms with Gasteiger partial charge in [0.1, 0.15) is 11.3 Å². The van der Waals surface area contributed by atoms with Crippen LogP contribution < -0.4 is 10.6 Å². The number of hydrogen-bond acceptors (Lipinski definition) is 5. The highest BCUT2D eigenvalue weighted by Crippen LogP contribution is 2.33. The van der Waals surface area contributed by atoms with Gasteiger partial charge in [0, 0.05) is 55.6 Å². The number of pyridine rings is 1. The summed E-state index contributed by atoms with van der Waals surface area (Å²) in [5.41, 5.74) is 4.78. The highest BCUT2D eigenvalue weighted by Gasteiger charge is 2.20. The maximum absolute atomic E-state index is 15.0. The number of nitrogens with zero attached hydrogens (tertiary/aromatic N) is 3. The third-order valence-corrected chi connectivity index (χ3v) is 7.01. The van der Waals surface area contributed by atoms with Crippen molar-refractivity contribution >= 4 is 31.8 Å². The van der Waals surface area contributed by atoms with E-state index < -0.39 is 11.6 Å². The molecular formula is C29H44F2N5OP. The van der Waals surface area contributed by atoms with E-state index in [1.54, 1.807) is 12.3 Å². The molecule has 2 N–H and O–H groups in total. The van der Waals surface area contributed by atoms with Gasteiger partial charge in [0.15, 0.2) is 11.6 Å². The molecule has 0 saturated carbocycles. The van der Waals surface area contributed by atoms with Crippen LogP contribution in [0.15, 0.2) is 31.5 Å². The summed E-state index contributed by atoms with van der Waals surface area (Å²) in [6, 6.07) is 3.78. The first-order chi connectivity index (χ1) is 18.5. The number of ether oxygens (including phenoxy) is 1. The van der Waals surface area contributed by atoms with Crippen molar-refractivity contribution in [1.29, 1.82) is 0 Å². The van der Waals surface area contributed by atoms with Gasteiger partial charge < -0.3 is 19.7 Å². The van der Waals surface area contributed by atoms with Gasteiger partial charge in [-0.05, 0) is 52.4 Å². The number of nitrogens with one attached hydrogen (secondary N) is 2. The molecule has 0 amide bonds. The van der Waals surface area contributed by atoms with Crippen LogP contribution in [-0.2, 0) is 30.7 Å². The SMILES string of the molecule is C=C.CC.CCNc1c(CNc2c(F)c(CC)cc(CC)c2F)cnc2c1cc(CN1CCOCC1)n2P. The smallest absolute Gasteiger partial charge is 0.152 e. The van der Waals surface area contributed by atoms with Crippen LogP contribution in [0.3, 0.4) is 0 Å². The van der Waals surface area contributed by atoms with Gasteiger partial charge in [-0.25, -0.2) is 13.8 Å². The predicted molar refractivity (Wildman–Crippen MR) is 160 cm³/mol. The number of anilines is 2. The normalized spacial score (nSPS) is 13.4. The van der Waals surface area contributed by atoms with Gasteiger partial charge in [-0.3, -0.25) is 4.90 Å². The molecule has 0 spiro atoms. The van der Waals surface area contributed by atoms with Crippen molar-refractivity contribution in [2.45, 2.75) is 60.5 Å². The fourth-order valence-electron chi connectivity index (χ4n) is 4.50. The second kappa shape index (κ2) is 15.8. The predicted octanol–water partition coefficient (Wildman–Crippen LogP) is 6.78. The van der Waals surface area contributed by atoms with Crippen molar-refractivity contribution in [1.82, 2.24) is 14.2 Å². The fourth-order valence-corrected chi connectivity index (χ4v) is 4.86. The molecular weight excluding hydrogens is 503 g/mol. The van der Waals surface area contributed by atoms with Crippen molar-refractivity contribution in [3.8, 4) is 0 Å². The molecule has 1 fully saturated rings. The van der Waals surface area contributed by atoms with Gasteiger partial charge in [-0.1, -0.05) is 27.7 Å². The van der Waals surface area contributed by atoms with Gasteiger partial charge in [0.2, 0.25) is 0 Å². The van der Waals surface area contributed by atoms with E-state index in [2.05, 4.69) is 44.1 Å². The van der Waals surface area contributed by atoms with Gasteiger partial charge >= 0.3 is 0 Å². The molecule has 4 rings (SSSR count). The first kappa shape index (κ1) is 31.7. The average molecular weight is 548 g/mol. The third kappa shape index (κ3) is 7.10. The summed E-state index contributed by atoms with van der Waals surface area (Å²) in [5.74, 6) is -1.03. The van der Waals surface area contributed by atoms with Gasteiger partial charge in [0.05, 0.1) is 18.9 Å². The molecule has 1 unspecified atom stereocenters. The van der Waals surface area contributed by atoms with Crippen LogP contribution in [-0.4, -0.2) is 47.1 Å². The largest absolute Gasteiger partial charge is 0.384 e. The van der Waals surface area contributed by atoms with E-state index in [1.807, 2.05) is 39.0 Å². The number of aromatic nitrogens is 2. The Bertz CT molecular complexity index is 1150. The summed E-state index contributed by atoms with van der Waals surface area (Å²) in [5, 5.41) is 7.48. The summed E-state index contributed by atoms with van der Waals surface area (Å²) >= 11 is 0. The van der Waals surface area contributed by atoms with E-state index in [1.165, 1.54) is 0 Å². The van der Waals surface area contributed by atoms with Crippen molar-refractivity contribution in [2.75, 3.05) is 43.5 Å². The number of aryl methyl sites for hydroxylation is 2. The molecule has 1 aliphatic rings. The molecule has 0 bridgehead atoms. The number of rotatable bonds is 9. The summed E-state index contributed by atoms with van der Waals surface area (Å²) in [7, 11) is 2.76. The molecule has 0 aliphatic carbocycles. The van der Waals surface area contributed by atoms with Crippen LogP contribution in [0, 0.1) is 11.6 Å². The molecule has 3 heterocycles. The van der Waals surface area contributed by atoms with Crippen molar-refractivity contribution in [3.05, 3.63) is 65.5 Å². The minimum Gasteiger partial charge on any atom is -0.384 e. The summed E-state index contributed by atoms with van der Waals surface area (Å²) in [4.78, 5) is 7.06. The van der Waals surface area contributed by atoms with Crippen LogP contribution in [0.1, 0.15) is 57.0 Å². The Morgan fingerprint density at radius 3 is 2.11 bits per heavy atom. The molecule has 1 aromatic carbocycles.